The van der Waals surface area contributed by atoms with E-state index in [4.69, 9.17) is 5.41 Å². The normalized spacial score (nSPS) is 19.1. The average Bonchev–Trinajstić information content (AvgIpc) is 3.34. The number of hydrogen-bond acceptors (Lipinski definition) is 3. The molecule has 0 radical (unpaired) electrons. The number of benzene rings is 1. The third kappa shape index (κ3) is 7.23. The molecule has 1 fully saturated rings. The molecule has 4 nitrogen and oxygen atoms in total. The number of aliphatic imine (C=N–C) groups is 1. The van der Waals surface area contributed by atoms with E-state index in [1.54, 1.807) is 6.08 Å². The van der Waals surface area contributed by atoms with Crippen LogP contribution >= 0.6 is 15.9 Å². The van der Waals surface area contributed by atoms with Crippen molar-refractivity contribution in [2.75, 3.05) is 13.1 Å². The number of nitrogens with two attached hydrogens (primary N) is 1. The first-order valence-electron chi connectivity index (χ1n) is 10.5. The molecule has 1 aliphatic heterocycles. The zero-order chi connectivity index (χ0) is 22.6. The fourth-order valence-electron chi connectivity index (χ4n) is 3.72. The first-order valence-corrected chi connectivity index (χ1v) is 11.3. The Labute approximate surface area is 189 Å². The summed E-state index contributed by atoms with van der Waals surface area (Å²) in [7, 11) is 0. The second-order valence-corrected chi connectivity index (χ2v) is 9.22. The highest BCUT2D eigenvalue weighted by atomic mass is 79.9. The van der Waals surface area contributed by atoms with Gasteiger partial charge >= 0.3 is 6.18 Å². The molecule has 1 saturated carbocycles. The average molecular weight is 498 g/mol. The lowest BCUT2D eigenvalue weighted by molar-refractivity contribution is -0.135. The molecule has 1 heterocycles. The van der Waals surface area contributed by atoms with Crippen molar-refractivity contribution in [3.63, 3.8) is 0 Å². The minimum atomic E-state index is -4.16. The molecule has 1 aromatic rings. The fraction of sp³-hybridized carbons (Fsp3) is 0.478. The van der Waals surface area contributed by atoms with E-state index in [9.17, 15) is 13.2 Å². The van der Waals surface area contributed by atoms with Gasteiger partial charge in [-0.1, -0.05) is 24.8 Å². The summed E-state index contributed by atoms with van der Waals surface area (Å²) in [5.74, 6) is 1.39. The highest BCUT2D eigenvalue weighted by molar-refractivity contribution is 9.18. The Morgan fingerprint density at radius 1 is 1.39 bits per heavy atom. The number of aryl methyl sites for hydroxylation is 1. The van der Waals surface area contributed by atoms with Crippen molar-refractivity contribution < 1.29 is 18.6 Å². The van der Waals surface area contributed by atoms with Gasteiger partial charge < -0.3 is 10.6 Å². The number of amidine groups is 1. The molecule has 0 spiro atoms. The van der Waals surface area contributed by atoms with Crippen molar-refractivity contribution in [1.82, 2.24) is 10.6 Å². The van der Waals surface area contributed by atoms with Crippen LogP contribution in [0, 0.1) is 12.8 Å². The predicted molar refractivity (Wildman–Crippen MR) is 123 cm³/mol. The number of nitrogens with zero attached hydrogens (tertiary/aromatic N) is 1. The lowest BCUT2D eigenvalue weighted by Crippen LogP contribution is -2.37. The Kier molecular flexibility index (Phi) is 7.62. The van der Waals surface area contributed by atoms with Crippen LogP contribution in [0.3, 0.4) is 0 Å². The van der Waals surface area contributed by atoms with Crippen molar-refractivity contribution in [2.24, 2.45) is 10.9 Å². The first-order chi connectivity index (χ1) is 14.6. The zero-order valence-electron chi connectivity index (χ0n) is 17.7. The molecule has 1 atom stereocenters. The molecule has 0 saturated heterocycles. The van der Waals surface area contributed by atoms with Crippen molar-refractivity contribution in [3.05, 3.63) is 53.2 Å². The van der Waals surface area contributed by atoms with Gasteiger partial charge in [0.15, 0.2) is 0 Å². The van der Waals surface area contributed by atoms with Crippen molar-refractivity contribution in [3.8, 4) is 0 Å². The Bertz CT molecular complexity index is 901. The summed E-state index contributed by atoms with van der Waals surface area (Å²) < 4.78 is 37.5. The molecule has 1 unspecified atom stereocenters. The maximum Gasteiger partial charge on any atom is 0.389 e. The van der Waals surface area contributed by atoms with Crippen LogP contribution in [-0.4, -0.2) is 29.7 Å². The van der Waals surface area contributed by atoms with Crippen LogP contribution in [-0.2, 0) is 0 Å². The van der Waals surface area contributed by atoms with Crippen LogP contribution in [0.4, 0.5) is 13.2 Å². The highest BCUT2D eigenvalue weighted by Gasteiger charge is 2.27. The Morgan fingerprint density at radius 3 is 2.74 bits per heavy atom. The summed E-state index contributed by atoms with van der Waals surface area (Å²) in [4.78, 5) is 4.55. The molecule has 3 rings (SSSR count). The molecule has 8 heteroatoms. The summed E-state index contributed by atoms with van der Waals surface area (Å²) in [6.45, 7) is 7.08. The smallest absolute Gasteiger partial charge is 0.382 e. The van der Waals surface area contributed by atoms with Gasteiger partial charge in [0.05, 0.1) is 18.3 Å². The summed E-state index contributed by atoms with van der Waals surface area (Å²) in [6, 6.07) is 6.39. The molecule has 4 N–H and O–H groups in total. The van der Waals surface area contributed by atoms with E-state index in [2.05, 4.69) is 63.3 Å². The molecule has 0 amide bonds. The maximum absolute atomic E-state index is 12.4. The van der Waals surface area contributed by atoms with Crippen LogP contribution in [0.5, 0.6) is 0 Å². The second-order valence-electron chi connectivity index (χ2n) is 8.30. The molecule has 1 aromatic carbocycles. The predicted octanol–water partition coefficient (Wildman–Crippen LogP) is 4.22. The Hall–Kier alpha value is -2.09. The number of nitrogens with one attached hydrogen (secondary N) is 2. The first kappa shape index (κ1) is 23.6. The molecule has 0 aromatic heterocycles. The van der Waals surface area contributed by atoms with E-state index in [-0.39, 0.29) is 19.0 Å². The van der Waals surface area contributed by atoms with Crippen molar-refractivity contribution in [1.29, 1.82) is 0 Å². The topological polar surface area (TPSA) is 62.0 Å². The van der Waals surface area contributed by atoms with Gasteiger partial charge in [-0.15, -0.1) is 0 Å². The third-order valence-electron chi connectivity index (χ3n) is 5.50. The quantitative estimate of drug-likeness (QED) is 0.334. The van der Waals surface area contributed by atoms with E-state index in [0.717, 1.165) is 17.9 Å². The third-order valence-corrected chi connectivity index (χ3v) is 5.73. The van der Waals surface area contributed by atoms with Gasteiger partial charge in [0, 0.05) is 35.0 Å². The molecule has 168 valence electrons. The van der Waals surface area contributed by atoms with Gasteiger partial charge in [0.1, 0.15) is 5.84 Å². The van der Waals surface area contributed by atoms with Gasteiger partial charge in [-0.05, 0) is 60.8 Å². The number of allylic oxidation sites excluding steroid dienone is 2. The monoisotopic (exact) mass is 497 g/mol. The SMILES string of the molecule is C=C(CC1CC1)c1ccc(C2CN=C(/C(=C\C(=[NH2+])Br)NCCCC(F)(F)F)N2)cc1C. The van der Waals surface area contributed by atoms with Crippen LogP contribution in [0.2, 0.25) is 0 Å². The number of rotatable bonds is 10. The van der Waals surface area contributed by atoms with E-state index < -0.39 is 12.6 Å². The van der Waals surface area contributed by atoms with Crippen molar-refractivity contribution >= 4 is 32.0 Å². The Morgan fingerprint density at radius 2 is 2.13 bits per heavy atom. The maximum atomic E-state index is 12.4. The van der Waals surface area contributed by atoms with Crippen molar-refractivity contribution in [2.45, 2.75) is 51.2 Å². The summed E-state index contributed by atoms with van der Waals surface area (Å²) in [5.41, 5.74) is 5.29. The van der Waals surface area contributed by atoms with Gasteiger partial charge in [-0.3, -0.25) is 4.99 Å². The lowest BCUT2D eigenvalue weighted by atomic mass is 9.94. The summed E-state index contributed by atoms with van der Waals surface area (Å²) >= 11 is 3.18. The van der Waals surface area contributed by atoms with Crippen LogP contribution < -0.4 is 16.0 Å². The number of hydrogen-bond donors (Lipinski definition) is 3. The lowest BCUT2D eigenvalue weighted by Gasteiger charge is -2.17. The van der Waals surface area contributed by atoms with E-state index >= 15 is 0 Å². The van der Waals surface area contributed by atoms with E-state index in [0.29, 0.717) is 22.7 Å². The van der Waals surface area contributed by atoms with E-state index in [1.165, 1.54) is 29.5 Å². The van der Waals surface area contributed by atoms with Gasteiger partial charge in [-0.25, -0.2) is 5.41 Å². The van der Waals surface area contributed by atoms with Gasteiger partial charge in [-0.2, -0.15) is 13.2 Å². The Balaban J connectivity index is 1.61. The minimum Gasteiger partial charge on any atom is -0.382 e. The summed E-state index contributed by atoms with van der Waals surface area (Å²) in [6.07, 6.45) is 0.281. The van der Waals surface area contributed by atoms with Gasteiger partial charge in [0.25, 0.3) is 0 Å². The number of alkyl halides is 3. The van der Waals surface area contributed by atoms with Gasteiger partial charge in [0.2, 0.25) is 4.62 Å². The largest absolute Gasteiger partial charge is 0.389 e. The summed E-state index contributed by atoms with van der Waals surface area (Å²) in [5, 5.41) is 12.1. The second kappa shape index (κ2) is 10.0. The van der Waals surface area contributed by atoms with Crippen LogP contribution in [0.15, 0.2) is 41.5 Å². The van der Waals surface area contributed by atoms with E-state index in [1.807, 2.05) is 0 Å². The molecule has 2 aliphatic rings. The standard InChI is InChI=1S/C23H28BrF3N4/c1-14(10-16-4-5-16)18-7-6-17(11-15(18)2)20-13-30-22(31-20)19(12-21(24)28)29-9-3-8-23(25,26)27/h6-7,11-12,16,20,28-29H,1,3-5,8-10,13H2,2H3,(H,30,31)/p+1/b19-12+,28-21?. The molecular weight excluding hydrogens is 469 g/mol. The van der Waals surface area contributed by atoms with Crippen LogP contribution in [0.25, 0.3) is 5.57 Å². The fourth-order valence-corrected chi connectivity index (χ4v) is 3.95. The zero-order valence-corrected chi connectivity index (χ0v) is 19.2. The van der Waals surface area contributed by atoms with Crippen LogP contribution in [0.1, 0.15) is 54.8 Å². The molecule has 0 bridgehead atoms. The molecular formula is C23H29BrF3N4+. The molecule has 31 heavy (non-hydrogen) atoms. The molecule has 1 aliphatic carbocycles. The highest BCUT2D eigenvalue weighted by Crippen LogP contribution is 2.38. The number of halogens is 4. The minimum absolute atomic E-state index is 0.00336.